The minimum atomic E-state index is 0.00963. The summed E-state index contributed by atoms with van der Waals surface area (Å²) < 4.78 is 2.63. The molecule has 6 heteroatoms. The van der Waals surface area contributed by atoms with E-state index >= 15 is 0 Å². The van der Waals surface area contributed by atoms with Crippen LogP contribution < -0.4 is 5.32 Å². The van der Waals surface area contributed by atoms with E-state index in [4.69, 9.17) is 5.11 Å². The van der Waals surface area contributed by atoms with E-state index in [1.807, 2.05) is 18.3 Å². The number of hydrogen-bond donors (Lipinski definition) is 2. The van der Waals surface area contributed by atoms with Crippen molar-refractivity contribution in [2.75, 3.05) is 6.54 Å². The van der Waals surface area contributed by atoms with Gasteiger partial charge in [0.15, 0.2) is 0 Å². The van der Waals surface area contributed by atoms with Gasteiger partial charge in [-0.25, -0.2) is 0 Å². The molecule has 1 aromatic carbocycles. The fraction of sp³-hybridized carbons (Fsp3) is 0.286. The second-order valence-corrected chi connectivity index (χ2v) is 5.35. The first kappa shape index (κ1) is 14.6. The number of carbonyl (C=O) groups is 1. The molecule has 1 amide bonds. The first-order valence-electron chi connectivity index (χ1n) is 6.36. The molecule has 5 nitrogen and oxygen atoms in total. The minimum absolute atomic E-state index is 0.00963. The molecule has 0 aliphatic rings. The maximum absolute atomic E-state index is 11.7. The Bertz CT molecular complexity index is 566. The molecule has 0 radical (unpaired) electrons. The summed E-state index contributed by atoms with van der Waals surface area (Å²) in [6.45, 7) is 1.16. The van der Waals surface area contributed by atoms with Crippen LogP contribution in [0.2, 0.25) is 0 Å². The van der Waals surface area contributed by atoms with Crippen molar-refractivity contribution in [3.8, 4) is 5.75 Å². The van der Waals surface area contributed by atoms with Gasteiger partial charge in [0.1, 0.15) is 5.75 Å². The van der Waals surface area contributed by atoms with Crippen LogP contribution in [0, 0.1) is 0 Å². The molecule has 0 fully saturated rings. The summed E-state index contributed by atoms with van der Waals surface area (Å²) in [4.78, 5) is 11.7. The van der Waals surface area contributed by atoms with Gasteiger partial charge >= 0.3 is 0 Å². The van der Waals surface area contributed by atoms with Gasteiger partial charge < -0.3 is 10.4 Å². The van der Waals surface area contributed by atoms with Gasteiger partial charge in [-0.2, -0.15) is 5.10 Å². The van der Waals surface area contributed by atoms with Crippen LogP contribution in [0.3, 0.4) is 0 Å². The zero-order chi connectivity index (χ0) is 14.4. The third-order valence-electron chi connectivity index (χ3n) is 2.84. The highest BCUT2D eigenvalue weighted by Gasteiger charge is 2.03. The van der Waals surface area contributed by atoms with Crippen LogP contribution in [0.1, 0.15) is 12.0 Å². The van der Waals surface area contributed by atoms with E-state index < -0.39 is 0 Å². The lowest BCUT2D eigenvalue weighted by Crippen LogP contribution is -2.26. The molecule has 106 valence electrons. The summed E-state index contributed by atoms with van der Waals surface area (Å²) in [5, 5.41) is 16.1. The number of aryl methyl sites for hydroxylation is 1. The van der Waals surface area contributed by atoms with Crippen LogP contribution in [0.15, 0.2) is 41.1 Å². The zero-order valence-electron chi connectivity index (χ0n) is 10.9. The highest BCUT2D eigenvalue weighted by molar-refractivity contribution is 9.10. The fourth-order valence-electron chi connectivity index (χ4n) is 1.77. The van der Waals surface area contributed by atoms with Gasteiger partial charge in [0.05, 0.1) is 10.7 Å². The number of rotatable bonds is 6. The number of hydrogen-bond acceptors (Lipinski definition) is 3. The lowest BCUT2D eigenvalue weighted by Gasteiger charge is -2.06. The SMILES string of the molecule is O=C(CCn1cc(Br)cn1)NCCc1ccc(O)cc1. The van der Waals surface area contributed by atoms with Crippen molar-refractivity contribution in [1.29, 1.82) is 0 Å². The summed E-state index contributed by atoms with van der Waals surface area (Å²) >= 11 is 3.31. The Morgan fingerprint density at radius 3 is 2.75 bits per heavy atom. The molecule has 0 saturated carbocycles. The monoisotopic (exact) mass is 337 g/mol. The second-order valence-electron chi connectivity index (χ2n) is 4.44. The number of amides is 1. The predicted octanol–water partition coefficient (Wildman–Crippen LogP) is 2.10. The number of nitrogens with zero attached hydrogens (tertiary/aromatic N) is 2. The van der Waals surface area contributed by atoms with E-state index in [1.165, 1.54) is 0 Å². The summed E-state index contributed by atoms with van der Waals surface area (Å²) in [6.07, 6.45) is 4.69. The van der Waals surface area contributed by atoms with Crippen molar-refractivity contribution in [2.24, 2.45) is 0 Å². The molecule has 2 aromatic rings. The zero-order valence-corrected chi connectivity index (χ0v) is 12.5. The van der Waals surface area contributed by atoms with Crippen LogP contribution >= 0.6 is 15.9 Å². The molecule has 20 heavy (non-hydrogen) atoms. The van der Waals surface area contributed by atoms with E-state index in [-0.39, 0.29) is 11.7 Å². The highest BCUT2D eigenvalue weighted by atomic mass is 79.9. The van der Waals surface area contributed by atoms with Gasteiger partial charge in [-0.3, -0.25) is 9.48 Å². The summed E-state index contributed by atoms with van der Waals surface area (Å²) in [6, 6.07) is 6.99. The average molecular weight is 338 g/mol. The average Bonchev–Trinajstić information content (AvgIpc) is 2.85. The summed E-state index contributed by atoms with van der Waals surface area (Å²) in [7, 11) is 0. The molecule has 1 heterocycles. The van der Waals surface area contributed by atoms with Gasteiger partial charge in [-0.05, 0) is 40.0 Å². The molecule has 0 aliphatic heterocycles. The molecule has 0 bridgehead atoms. The van der Waals surface area contributed by atoms with Crippen molar-refractivity contribution >= 4 is 21.8 Å². The number of phenols is 1. The lowest BCUT2D eigenvalue weighted by atomic mass is 10.1. The van der Waals surface area contributed by atoms with E-state index in [9.17, 15) is 4.79 Å². The normalized spacial score (nSPS) is 10.4. The molecule has 0 aliphatic carbocycles. The smallest absolute Gasteiger partial charge is 0.221 e. The quantitative estimate of drug-likeness (QED) is 0.848. The first-order valence-corrected chi connectivity index (χ1v) is 7.15. The van der Waals surface area contributed by atoms with Crippen LogP contribution in [-0.2, 0) is 17.8 Å². The van der Waals surface area contributed by atoms with Crippen molar-refractivity contribution < 1.29 is 9.90 Å². The first-order chi connectivity index (χ1) is 9.63. The number of aromatic nitrogens is 2. The Balaban J connectivity index is 1.66. The molecule has 0 unspecified atom stereocenters. The second kappa shape index (κ2) is 7.09. The molecule has 0 saturated heterocycles. The van der Waals surface area contributed by atoms with Gasteiger partial charge in [0.2, 0.25) is 5.91 Å². The minimum Gasteiger partial charge on any atom is -0.508 e. The van der Waals surface area contributed by atoms with Gasteiger partial charge in [0, 0.05) is 25.7 Å². The largest absolute Gasteiger partial charge is 0.508 e. The Labute approximate surface area is 125 Å². The van der Waals surface area contributed by atoms with Crippen LogP contribution in [0.5, 0.6) is 5.75 Å². The number of benzene rings is 1. The molecule has 2 N–H and O–H groups in total. The van der Waals surface area contributed by atoms with Crippen molar-refractivity contribution in [3.05, 3.63) is 46.7 Å². The number of halogens is 1. The van der Waals surface area contributed by atoms with Gasteiger partial charge in [0.25, 0.3) is 0 Å². The predicted molar refractivity (Wildman–Crippen MR) is 79.4 cm³/mol. The van der Waals surface area contributed by atoms with Gasteiger partial charge in [-0.1, -0.05) is 12.1 Å². The third kappa shape index (κ3) is 4.70. The standard InChI is InChI=1S/C14H16BrN3O2/c15-12-9-17-18(10-12)8-6-14(20)16-7-5-11-1-3-13(19)4-2-11/h1-4,9-10,19H,5-8H2,(H,16,20). The molecule has 0 spiro atoms. The maximum atomic E-state index is 11.7. The van der Waals surface area contributed by atoms with Crippen molar-refractivity contribution in [3.63, 3.8) is 0 Å². The Hall–Kier alpha value is -1.82. The van der Waals surface area contributed by atoms with E-state index in [0.29, 0.717) is 19.5 Å². The third-order valence-corrected chi connectivity index (χ3v) is 3.25. The van der Waals surface area contributed by atoms with E-state index in [0.717, 1.165) is 16.5 Å². The highest BCUT2D eigenvalue weighted by Crippen LogP contribution is 2.09. The Kier molecular flexibility index (Phi) is 5.17. The van der Waals surface area contributed by atoms with Crippen LogP contribution in [0.4, 0.5) is 0 Å². The van der Waals surface area contributed by atoms with E-state index in [2.05, 4.69) is 26.3 Å². The molecular formula is C14H16BrN3O2. The van der Waals surface area contributed by atoms with Crippen molar-refractivity contribution in [2.45, 2.75) is 19.4 Å². The number of nitrogens with one attached hydrogen (secondary N) is 1. The van der Waals surface area contributed by atoms with Crippen molar-refractivity contribution in [1.82, 2.24) is 15.1 Å². The lowest BCUT2D eigenvalue weighted by molar-refractivity contribution is -0.121. The fourth-order valence-corrected chi connectivity index (χ4v) is 2.10. The number of phenolic OH excluding ortho intramolecular Hbond substituents is 1. The molecular weight excluding hydrogens is 322 g/mol. The molecule has 2 rings (SSSR count). The number of carbonyl (C=O) groups excluding carboxylic acids is 1. The Morgan fingerprint density at radius 2 is 2.10 bits per heavy atom. The Morgan fingerprint density at radius 1 is 1.35 bits per heavy atom. The summed E-state index contributed by atoms with van der Waals surface area (Å²) in [5.74, 6) is 0.263. The number of aromatic hydroxyl groups is 1. The topological polar surface area (TPSA) is 67.2 Å². The van der Waals surface area contributed by atoms with Gasteiger partial charge in [-0.15, -0.1) is 0 Å². The van der Waals surface area contributed by atoms with E-state index in [1.54, 1.807) is 23.0 Å². The van der Waals surface area contributed by atoms with Crippen LogP contribution in [0.25, 0.3) is 0 Å². The maximum Gasteiger partial charge on any atom is 0.221 e. The molecule has 0 atom stereocenters. The summed E-state index contributed by atoms with van der Waals surface area (Å²) in [5.41, 5.74) is 1.08. The van der Waals surface area contributed by atoms with Crippen LogP contribution in [-0.4, -0.2) is 27.3 Å². The molecule has 1 aromatic heterocycles.